The van der Waals surface area contributed by atoms with Gasteiger partial charge in [0.2, 0.25) is 0 Å². The van der Waals surface area contributed by atoms with Gasteiger partial charge in [-0.2, -0.15) is 0 Å². The fourth-order valence-corrected chi connectivity index (χ4v) is 5.74. The number of benzene rings is 3. The Morgan fingerprint density at radius 2 is 1.74 bits per heavy atom. The normalized spacial score (nSPS) is 16.6. The fraction of sp³-hybridized carbons (Fsp3) is 0.269. The monoisotopic (exact) mass is 531 g/mol. The van der Waals surface area contributed by atoms with Crippen LogP contribution in [0.15, 0.2) is 71.6 Å². The second kappa shape index (κ2) is 11.0. The van der Waals surface area contributed by atoms with Crippen molar-refractivity contribution in [1.82, 2.24) is 4.90 Å². The van der Waals surface area contributed by atoms with Crippen LogP contribution in [0.1, 0.15) is 35.7 Å². The number of hydrogen-bond acceptors (Lipinski definition) is 4. The van der Waals surface area contributed by atoms with Gasteiger partial charge in [-0.3, -0.25) is 14.4 Å². The summed E-state index contributed by atoms with van der Waals surface area (Å²) in [6.07, 6.45) is 2.52. The summed E-state index contributed by atoms with van der Waals surface area (Å²) in [4.78, 5) is 15.2. The molecule has 0 aliphatic carbocycles. The van der Waals surface area contributed by atoms with Crippen LogP contribution in [0.25, 0.3) is 0 Å². The molecule has 1 amide bonds. The van der Waals surface area contributed by atoms with Crippen molar-refractivity contribution in [3.05, 3.63) is 87.9 Å². The summed E-state index contributed by atoms with van der Waals surface area (Å²) in [7, 11) is -3.86. The highest BCUT2D eigenvalue weighted by atomic mass is 35.5. The lowest BCUT2D eigenvalue weighted by atomic mass is 9.99. The van der Waals surface area contributed by atoms with Crippen LogP contribution in [0.3, 0.4) is 0 Å². The van der Waals surface area contributed by atoms with E-state index in [9.17, 15) is 13.2 Å². The van der Waals surface area contributed by atoms with Gasteiger partial charge in [0.05, 0.1) is 15.6 Å². The van der Waals surface area contributed by atoms with E-state index < -0.39 is 10.0 Å². The van der Waals surface area contributed by atoms with E-state index in [-0.39, 0.29) is 21.5 Å². The van der Waals surface area contributed by atoms with Gasteiger partial charge in [-0.25, -0.2) is 8.42 Å². The Bertz CT molecular complexity index is 1300. The molecule has 0 unspecified atom stereocenters. The van der Waals surface area contributed by atoms with Gasteiger partial charge in [0.1, 0.15) is 0 Å². The minimum atomic E-state index is -3.86. The van der Waals surface area contributed by atoms with Gasteiger partial charge in [0, 0.05) is 29.4 Å². The largest absolute Gasteiger partial charge is 0.322 e. The zero-order valence-electron chi connectivity index (χ0n) is 19.3. The molecule has 3 aromatic carbocycles. The number of nitrogens with zero attached hydrogens (tertiary/aromatic N) is 1. The molecule has 0 radical (unpaired) electrons. The van der Waals surface area contributed by atoms with Crippen molar-refractivity contribution in [3.63, 3.8) is 0 Å². The van der Waals surface area contributed by atoms with E-state index in [1.54, 1.807) is 18.2 Å². The van der Waals surface area contributed by atoms with Crippen LogP contribution in [0.2, 0.25) is 10.0 Å². The van der Waals surface area contributed by atoms with E-state index in [4.69, 9.17) is 23.2 Å². The third kappa shape index (κ3) is 6.76. The Balaban J connectivity index is 1.36. The van der Waals surface area contributed by atoms with Crippen LogP contribution in [0, 0.1) is 5.92 Å². The number of nitrogens with one attached hydrogen (secondary N) is 2. The number of hydrogen-bond donors (Lipinski definition) is 2. The van der Waals surface area contributed by atoms with E-state index in [1.165, 1.54) is 42.7 Å². The Morgan fingerprint density at radius 1 is 1.03 bits per heavy atom. The van der Waals surface area contributed by atoms with E-state index in [0.717, 1.165) is 25.6 Å². The summed E-state index contributed by atoms with van der Waals surface area (Å²) < 4.78 is 27.8. The minimum Gasteiger partial charge on any atom is -0.322 e. The number of sulfonamides is 1. The van der Waals surface area contributed by atoms with Gasteiger partial charge < -0.3 is 5.32 Å². The number of carbonyl (C=O) groups excluding carboxylic acids is 1. The molecule has 0 spiro atoms. The van der Waals surface area contributed by atoms with Gasteiger partial charge in [-0.1, -0.05) is 42.3 Å². The molecule has 3 aromatic rings. The number of amides is 1. The zero-order valence-corrected chi connectivity index (χ0v) is 21.6. The first kappa shape index (κ1) is 25.5. The maximum atomic E-state index is 12.7. The second-order valence-corrected chi connectivity index (χ2v) is 11.4. The third-order valence-corrected chi connectivity index (χ3v) is 7.89. The van der Waals surface area contributed by atoms with Crippen molar-refractivity contribution in [2.45, 2.75) is 31.2 Å². The number of halogens is 2. The summed E-state index contributed by atoms with van der Waals surface area (Å²) >= 11 is 11.9. The van der Waals surface area contributed by atoms with Crippen molar-refractivity contribution in [1.29, 1.82) is 0 Å². The standard InChI is InChI=1S/C26H27Cl2N3O3S/c1-18-3-2-14-31(16-18)17-19-4-6-20(7-5-19)26(32)29-22-9-11-23(12-10-22)35(33,34)30-25-13-8-21(27)15-24(25)28/h4-13,15,18,30H,2-3,14,16-17H2,1H3,(H,29,32)/t18-/m1/s1. The highest BCUT2D eigenvalue weighted by molar-refractivity contribution is 7.92. The lowest BCUT2D eigenvalue weighted by Crippen LogP contribution is -2.33. The van der Waals surface area contributed by atoms with E-state index in [2.05, 4.69) is 21.9 Å². The van der Waals surface area contributed by atoms with Gasteiger partial charge in [0.25, 0.3) is 15.9 Å². The number of piperidine rings is 1. The Kier molecular flexibility index (Phi) is 8.02. The molecule has 2 N–H and O–H groups in total. The maximum Gasteiger partial charge on any atom is 0.261 e. The van der Waals surface area contributed by atoms with Crippen molar-refractivity contribution in [3.8, 4) is 0 Å². The third-order valence-electron chi connectivity index (χ3n) is 5.96. The van der Waals surface area contributed by atoms with E-state index in [1.807, 2.05) is 24.3 Å². The summed E-state index contributed by atoms with van der Waals surface area (Å²) in [5, 5.41) is 3.41. The van der Waals surface area contributed by atoms with Crippen molar-refractivity contribution in [2.75, 3.05) is 23.1 Å². The van der Waals surface area contributed by atoms with E-state index >= 15 is 0 Å². The summed E-state index contributed by atoms with van der Waals surface area (Å²) in [5.74, 6) is 0.464. The first-order valence-corrected chi connectivity index (χ1v) is 13.6. The van der Waals surface area contributed by atoms with Gasteiger partial charge in [-0.15, -0.1) is 0 Å². The molecule has 1 fully saturated rings. The zero-order chi connectivity index (χ0) is 25.0. The summed E-state index contributed by atoms with van der Waals surface area (Å²) in [6, 6.07) is 18.0. The first-order valence-electron chi connectivity index (χ1n) is 11.4. The Hall–Kier alpha value is -2.58. The molecule has 0 aromatic heterocycles. The number of carbonyl (C=O) groups is 1. The predicted octanol–water partition coefficient (Wildman–Crippen LogP) is 6.28. The predicted molar refractivity (Wildman–Crippen MR) is 142 cm³/mol. The lowest BCUT2D eigenvalue weighted by molar-refractivity contribution is 0.102. The molecule has 1 aliphatic rings. The molecule has 4 rings (SSSR count). The SMILES string of the molecule is C[C@@H]1CCCN(Cc2ccc(C(=O)Nc3ccc(S(=O)(=O)Nc4ccc(Cl)cc4Cl)cc3)cc2)C1. The van der Waals surface area contributed by atoms with Crippen molar-refractivity contribution in [2.24, 2.45) is 5.92 Å². The molecule has 0 saturated carbocycles. The molecular formula is C26H27Cl2N3O3S. The van der Waals surface area contributed by atoms with Crippen molar-refractivity contribution >= 4 is 50.5 Å². The smallest absolute Gasteiger partial charge is 0.261 e. The molecular weight excluding hydrogens is 505 g/mol. The topological polar surface area (TPSA) is 78.5 Å². The molecule has 1 saturated heterocycles. The molecule has 1 atom stereocenters. The lowest BCUT2D eigenvalue weighted by Gasteiger charge is -2.30. The second-order valence-electron chi connectivity index (χ2n) is 8.89. The minimum absolute atomic E-state index is 0.0397. The first-order chi connectivity index (χ1) is 16.7. The molecule has 184 valence electrons. The highest BCUT2D eigenvalue weighted by Gasteiger charge is 2.18. The summed E-state index contributed by atoms with van der Waals surface area (Å²) in [6.45, 7) is 5.39. The summed E-state index contributed by atoms with van der Waals surface area (Å²) in [5.41, 5.74) is 2.44. The van der Waals surface area contributed by atoms with Crippen LogP contribution in [0.5, 0.6) is 0 Å². The maximum absolute atomic E-state index is 12.7. The average molecular weight is 532 g/mol. The van der Waals surface area contributed by atoms with Crippen LogP contribution in [-0.2, 0) is 16.6 Å². The van der Waals surface area contributed by atoms with Gasteiger partial charge >= 0.3 is 0 Å². The number of likely N-dealkylation sites (tertiary alicyclic amines) is 1. The van der Waals surface area contributed by atoms with Crippen molar-refractivity contribution < 1.29 is 13.2 Å². The molecule has 35 heavy (non-hydrogen) atoms. The quantitative estimate of drug-likeness (QED) is 0.376. The molecule has 0 bridgehead atoms. The van der Waals surface area contributed by atoms with Crippen LogP contribution in [0.4, 0.5) is 11.4 Å². The highest BCUT2D eigenvalue weighted by Crippen LogP contribution is 2.28. The van der Waals surface area contributed by atoms with Gasteiger partial charge in [0.15, 0.2) is 0 Å². The van der Waals surface area contributed by atoms with Crippen LogP contribution >= 0.6 is 23.2 Å². The molecule has 6 nitrogen and oxygen atoms in total. The fourth-order valence-electron chi connectivity index (χ4n) is 4.15. The van der Waals surface area contributed by atoms with Gasteiger partial charge in [-0.05, 0) is 85.5 Å². The molecule has 9 heteroatoms. The number of anilines is 2. The molecule has 1 heterocycles. The Labute approximate surface area is 216 Å². The molecule has 1 aliphatic heterocycles. The average Bonchev–Trinajstić information content (AvgIpc) is 2.82. The van der Waals surface area contributed by atoms with E-state index in [0.29, 0.717) is 16.3 Å². The number of rotatable bonds is 7. The van der Waals surface area contributed by atoms with Crippen LogP contribution < -0.4 is 10.0 Å². The van der Waals surface area contributed by atoms with Crippen LogP contribution in [-0.4, -0.2) is 32.3 Å². The Morgan fingerprint density at radius 3 is 2.40 bits per heavy atom.